The van der Waals surface area contributed by atoms with Gasteiger partial charge in [-0.1, -0.05) is 6.92 Å². The van der Waals surface area contributed by atoms with Crippen molar-refractivity contribution in [2.24, 2.45) is 5.73 Å². The highest BCUT2D eigenvalue weighted by Crippen LogP contribution is 2.24. The third kappa shape index (κ3) is 4.24. The Hall–Kier alpha value is -0.490. The van der Waals surface area contributed by atoms with Gasteiger partial charge in [-0.3, -0.25) is 0 Å². The van der Waals surface area contributed by atoms with Crippen LogP contribution in [0.3, 0.4) is 0 Å². The first-order valence-electron chi connectivity index (χ1n) is 7.18. The number of aromatic nitrogens is 1. The summed E-state index contributed by atoms with van der Waals surface area (Å²) in [6, 6.07) is 0. The van der Waals surface area contributed by atoms with Crippen LogP contribution in [0, 0.1) is 0 Å². The summed E-state index contributed by atoms with van der Waals surface area (Å²) in [6.07, 6.45) is 2.99. The maximum atomic E-state index is 6.09. The minimum atomic E-state index is -0.261. The van der Waals surface area contributed by atoms with Gasteiger partial charge in [0.05, 0.1) is 5.01 Å². The molecule has 1 saturated heterocycles. The zero-order valence-electron chi connectivity index (χ0n) is 12.4. The van der Waals surface area contributed by atoms with Gasteiger partial charge in [0.1, 0.15) is 0 Å². The van der Waals surface area contributed by atoms with Gasteiger partial charge in [-0.15, -0.1) is 11.3 Å². The molecule has 0 unspecified atom stereocenters. The number of nitrogens with zero attached hydrogens (tertiary/aromatic N) is 3. The van der Waals surface area contributed by atoms with Crippen LogP contribution in [0.4, 0.5) is 0 Å². The van der Waals surface area contributed by atoms with Gasteiger partial charge in [0.2, 0.25) is 0 Å². The number of nitrogens with two attached hydrogens (primary N) is 1. The molecule has 1 fully saturated rings. The van der Waals surface area contributed by atoms with E-state index in [4.69, 9.17) is 5.73 Å². The van der Waals surface area contributed by atoms with Gasteiger partial charge in [0, 0.05) is 55.8 Å². The Morgan fingerprint density at radius 3 is 2.42 bits per heavy atom. The predicted molar refractivity (Wildman–Crippen MR) is 81.6 cm³/mol. The van der Waals surface area contributed by atoms with Crippen LogP contribution >= 0.6 is 11.3 Å². The molecular formula is C14H26N4S. The molecule has 0 aliphatic carbocycles. The van der Waals surface area contributed by atoms with Gasteiger partial charge < -0.3 is 15.5 Å². The number of likely N-dealkylation sites (N-methyl/N-ethyl adjacent to an activating group) is 1. The number of thiazole rings is 1. The highest BCUT2D eigenvalue weighted by Gasteiger charge is 2.19. The van der Waals surface area contributed by atoms with Crippen molar-refractivity contribution in [1.82, 2.24) is 14.8 Å². The second-order valence-electron chi connectivity index (χ2n) is 5.87. The fourth-order valence-electron chi connectivity index (χ4n) is 2.31. The second kappa shape index (κ2) is 6.31. The lowest BCUT2D eigenvalue weighted by Crippen LogP contribution is -2.46. The Bertz CT molecular complexity index is 388. The van der Waals surface area contributed by atoms with Crippen LogP contribution in [0.15, 0.2) is 6.20 Å². The van der Waals surface area contributed by atoms with E-state index in [2.05, 4.69) is 21.7 Å². The van der Waals surface area contributed by atoms with E-state index in [1.165, 1.54) is 42.6 Å². The molecule has 0 aromatic carbocycles. The molecule has 2 heterocycles. The van der Waals surface area contributed by atoms with Crippen molar-refractivity contribution in [1.29, 1.82) is 0 Å². The summed E-state index contributed by atoms with van der Waals surface area (Å²) in [6.45, 7) is 13.4. The molecule has 2 rings (SSSR count). The predicted octanol–water partition coefficient (Wildman–Crippen LogP) is 1.52. The molecule has 0 spiro atoms. The van der Waals surface area contributed by atoms with Crippen molar-refractivity contribution in [2.75, 3.05) is 39.3 Å². The van der Waals surface area contributed by atoms with Crippen LogP contribution in [0.5, 0.6) is 0 Å². The Kier molecular flexibility index (Phi) is 4.95. The van der Waals surface area contributed by atoms with Crippen LogP contribution in [0.2, 0.25) is 0 Å². The summed E-state index contributed by atoms with van der Waals surface area (Å²) < 4.78 is 0. The molecule has 108 valence electrons. The molecule has 1 aliphatic heterocycles. The summed E-state index contributed by atoms with van der Waals surface area (Å²) >= 11 is 1.76. The molecule has 19 heavy (non-hydrogen) atoms. The highest BCUT2D eigenvalue weighted by molar-refractivity contribution is 7.11. The van der Waals surface area contributed by atoms with E-state index in [0.717, 1.165) is 13.0 Å². The quantitative estimate of drug-likeness (QED) is 0.889. The third-order valence-corrected chi connectivity index (χ3v) is 5.14. The lowest BCUT2D eigenvalue weighted by molar-refractivity contribution is 0.138. The van der Waals surface area contributed by atoms with Gasteiger partial charge in [-0.05, 0) is 20.4 Å². The first-order valence-corrected chi connectivity index (χ1v) is 7.99. The zero-order chi connectivity index (χ0) is 13.9. The maximum Gasteiger partial charge on any atom is 0.0941 e. The van der Waals surface area contributed by atoms with E-state index < -0.39 is 0 Å². The van der Waals surface area contributed by atoms with Crippen molar-refractivity contribution in [3.05, 3.63) is 16.1 Å². The molecule has 0 radical (unpaired) electrons. The van der Waals surface area contributed by atoms with E-state index in [-0.39, 0.29) is 5.54 Å². The molecule has 0 bridgehead atoms. The van der Waals surface area contributed by atoms with Crippen LogP contribution in [-0.2, 0) is 12.0 Å². The molecule has 1 aromatic rings. The van der Waals surface area contributed by atoms with Crippen LogP contribution in [-0.4, -0.2) is 54.1 Å². The maximum absolute atomic E-state index is 6.09. The van der Waals surface area contributed by atoms with Crippen molar-refractivity contribution < 1.29 is 0 Å². The van der Waals surface area contributed by atoms with Crippen LogP contribution in [0.1, 0.15) is 30.7 Å². The minimum Gasteiger partial charge on any atom is -0.321 e. The second-order valence-corrected chi connectivity index (χ2v) is 6.98. The van der Waals surface area contributed by atoms with E-state index in [9.17, 15) is 0 Å². The molecular weight excluding hydrogens is 256 g/mol. The van der Waals surface area contributed by atoms with Gasteiger partial charge in [-0.2, -0.15) is 0 Å². The Morgan fingerprint density at radius 2 is 1.89 bits per heavy atom. The first-order chi connectivity index (χ1) is 8.99. The number of piperazine rings is 1. The summed E-state index contributed by atoms with van der Waals surface area (Å²) in [5.74, 6) is 0. The SMILES string of the molecule is CCN1CCN(CCc2ncc(C(C)(C)N)s2)CC1. The number of rotatable bonds is 5. The highest BCUT2D eigenvalue weighted by atomic mass is 32.1. The Morgan fingerprint density at radius 1 is 1.26 bits per heavy atom. The van der Waals surface area contributed by atoms with Crippen LogP contribution in [0.25, 0.3) is 0 Å². The largest absolute Gasteiger partial charge is 0.321 e. The van der Waals surface area contributed by atoms with Crippen molar-refractivity contribution in [3.8, 4) is 0 Å². The molecule has 0 amide bonds. The molecule has 0 atom stereocenters. The van der Waals surface area contributed by atoms with Gasteiger partial charge in [0.15, 0.2) is 0 Å². The van der Waals surface area contributed by atoms with Gasteiger partial charge in [0.25, 0.3) is 0 Å². The Balaban J connectivity index is 1.78. The number of hydrogen-bond donors (Lipinski definition) is 1. The minimum absolute atomic E-state index is 0.261. The molecule has 1 aliphatic rings. The van der Waals surface area contributed by atoms with Gasteiger partial charge >= 0.3 is 0 Å². The zero-order valence-corrected chi connectivity index (χ0v) is 13.2. The van der Waals surface area contributed by atoms with Gasteiger partial charge in [-0.25, -0.2) is 4.98 Å². The average molecular weight is 282 g/mol. The molecule has 0 saturated carbocycles. The van der Waals surface area contributed by atoms with E-state index >= 15 is 0 Å². The third-order valence-electron chi connectivity index (χ3n) is 3.74. The summed E-state index contributed by atoms with van der Waals surface area (Å²) in [4.78, 5) is 10.7. The molecule has 4 nitrogen and oxygen atoms in total. The first kappa shape index (κ1) is 14.9. The fourth-order valence-corrected chi connectivity index (χ4v) is 3.23. The van der Waals surface area contributed by atoms with E-state index in [0.29, 0.717) is 0 Å². The average Bonchev–Trinajstić information content (AvgIpc) is 2.86. The lowest BCUT2D eigenvalue weighted by atomic mass is 10.1. The monoisotopic (exact) mass is 282 g/mol. The van der Waals surface area contributed by atoms with E-state index in [1.807, 2.05) is 20.0 Å². The number of hydrogen-bond acceptors (Lipinski definition) is 5. The van der Waals surface area contributed by atoms with Crippen molar-refractivity contribution >= 4 is 11.3 Å². The van der Waals surface area contributed by atoms with Crippen molar-refractivity contribution in [3.63, 3.8) is 0 Å². The molecule has 1 aromatic heterocycles. The van der Waals surface area contributed by atoms with Crippen molar-refractivity contribution in [2.45, 2.75) is 32.7 Å². The molecule has 2 N–H and O–H groups in total. The lowest BCUT2D eigenvalue weighted by Gasteiger charge is -2.33. The Labute approximate surface area is 120 Å². The normalized spacial score (nSPS) is 18.9. The molecule has 5 heteroatoms. The summed E-state index contributed by atoms with van der Waals surface area (Å²) in [5.41, 5.74) is 5.83. The smallest absolute Gasteiger partial charge is 0.0941 e. The summed E-state index contributed by atoms with van der Waals surface area (Å²) in [5, 5.41) is 1.21. The topological polar surface area (TPSA) is 45.4 Å². The summed E-state index contributed by atoms with van der Waals surface area (Å²) in [7, 11) is 0. The standard InChI is InChI=1S/C14H26N4S/c1-4-17-7-9-18(10-8-17)6-5-13-16-11-12(19-13)14(2,3)15/h11H,4-10,15H2,1-3H3. The van der Waals surface area contributed by atoms with E-state index in [1.54, 1.807) is 11.3 Å². The fraction of sp³-hybridized carbons (Fsp3) is 0.786. The van der Waals surface area contributed by atoms with Crippen LogP contribution < -0.4 is 5.73 Å².